The predicted octanol–water partition coefficient (Wildman–Crippen LogP) is 15.3. The van der Waals surface area contributed by atoms with Gasteiger partial charge in [0, 0.05) is 53.3 Å². The molecule has 0 saturated carbocycles. The molecule has 0 amide bonds. The van der Waals surface area contributed by atoms with Gasteiger partial charge in [-0.25, -0.2) is 15.0 Å². The highest BCUT2D eigenvalue weighted by atomic mass is 32.1. The quantitative estimate of drug-likeness (QED) is 0.161. The van der Waals surface area contributed by atoms with Crippen molar-refractivity contribution in [2.75, 3.05) is 0 Å². The third-order valence-electron chi connectivity index (χ3n) is 11.8. The highest BCUT2D eigenvalue weighted by Gasteiger charge is 2.19. The Morgan fingerprint density at radius 2 is 0.823 bits per heavy atom. The van der Waals surface area contributed by atoms with E-state index in [0.29, 0.717) is 17.5 Å². The zero-order valence-corrected chi connectivity index (χ0v) is 34.3. The van der Waals surface area contributed by atoms with Crippen molar-refractivity contribution in [3.05, 3.63) is 218 Å². The number of fused-ring (bicyclic) bond motifs is 6. The normalized spacial score (nSPS) is 11.5. The maximum absolute atomic E-state index is 5.24. The van der Waals surface area contributed by atoms with Gasteiger partial charge in [-0.3, -0.25) is 0 Å². The molecule has 0 aliphatic carbocycles. The molecule has 12 rings (SSSR count). The second kappa shape index (κ2) is 14.9. The van der Waals surface area contributed by atoms with E-state index in [0.717, 1.165) is 44.5 Å². The van der Waals surface area contributed by atoms with Gasteiger partial charge in [-0.2, -0.15) is 0 Å². The van der Waals surface area contributed by atoms with Crippen LogP contribution in [0.5, 0.6) is 0 Å². The Labute approximate surface area is 362 Å². The van der Waals surface area contributed by atoms with Crippen LogP contribution in [0.2, 0.25) is 0 Å². The van der Waals surface area contributed by atoms with Crippen LogP contribution >= 0.6 is 11.3 Å². The number of thiophene rings is 1. The van der Waals surface area contributed by atoms with E-state index in [2.05, 4.69) is 199 Å². The Bertz CT molecular complexity index is 3630. The van der Waals surface area contributed by atoms with Crippen LogP contribution in [0.4, 0.5) is 0 Å². The Morgan fingerprint density at radius 1 is 0.306 bits per heavy atom. The van der Waals surface area contributed by atoms with Gasteiger partial charge in [0.15, 0.2) is 17.5 Å². The molecule has 0 spiro atoms. The molecule has 5 heteroatoms. The number of hydrogen-bond donors (Lipinski definition) is 0. The van der Waals surface area contributed by atoms with Crippen molar-refractivity contribution in [2.24, 2.45) is 0 Å². The lowest BCUT2D eigenvalue weighted by Crippen LogP contribution is -2.00. The smallest absolute Gasteiger partial charge is 0.164 e. The van der Waals surface area contributed by atoms with E-state index in [1.165, 1.54) is 53.3 Å². The fraction of sp³-hybridized carbons (Fsp3) is 0. The summed E-state index contributed by atoms with van der Waals surface area (Å²) >= 11 is 1.80. The molecule has 0 N–H and O–H groups in total. The van der Waals surface area contributed by atoms with Gasteiger partial charge in [-0.05, 0) is 94.0 Å². The van der Waals surface area contributed by atoms with E-state index >= 15 is 0 Å². The second-order valence-electron chi connectivity index (χ2n) is 15.6. The number of benzene rings is 9. The molecule has 0 radical (unpaired) electrons. The van der Waals surface area contributed by atoms with Gasteiger partial charge in [0.1, 0.15) is 0 Å². The largest absolute Gasteiger partial charge is 0.309 e. The SMILES string of the molecule is c1ccc(-c2cccc(-c3nc(-c4ccccc4)nc(-c4cccc5sc6ccc(-c7cccc(-c8ccc9c(c8)c8ccccc8n9-c8ccccc8)c7)cc6c45)n3)c2)cc1. The molecular formula is C57H36N4S. The minimum Gasteiger partial charge on any atom is -0.309 e. The number of rotatable bonds is 7. The topological polar surface area (TPSA) is 43.6 Å². The first kappa shape index (κ1) is 35.9. The lowest BCUT2D eigenvalue weighted by molar-refractivity contribution is 1.08. The number of nitrogens with zero attached hydrogens (tertiary/aromatic N) is 4. The van der Waals surface area contributed by atoms with Crippen LogP contribution in [-0.2, 0) is 0 Å². The highest BCUT2D eigenvalue weighted by Crippen LogP contribution is 2.42. The van der Waals surface area contributed by atoms with Gasteiger partial charge in [0.25, 0.3) is 0 Å². The Kier molecular flexibility index (Phi) is 8.65. The predicted molar refractivity (Wildman–Crippen MR) is 260 cm³/mol. The van der Waals surface area contributed by atoms with Gasteiger partial charge in [0.05, 0.1) is 11.0 Å². The Morgan fingerprint density at radius 3 is 1.58 bits per heavy atom. The van der Waals surface area contributed by atoms with Crippen LogP contribution in [0.25, 0.3) is 115 Å². The van der Waals surface area contributed by atoms with E-state index in [-0.39, 0.29) is 0 Å². The summed E-state index contributed by atoms with van der Waals surface area (Å²) in [5, 5.41) is 4.83. The van der Waals surface area contributed by atoms with E-state index < -0.39 is 0 Å². The van der Waals surface area contributed by atoms with Crippen LogP contribution < -0.4 is 0 Å². The van der Waals surface area contributed by atoms with Crippen LogP contribution in [-0.4, -0.2) is 19.5 Å². The maximum atomic E-state index is 5.24. The summed E-state index contributed by atoms with van der Waals surface area (Å²) < 4.78 is 4.78. The van der Waals surface area contributed by atoms with Gasteiger partial charge in [-0.15, -0.1) is 11.3 Å². The Balaban J connectivity index is 0.973. The van der Waals surface area contributed by atoms with E-state index in [9.17, 15) is 0 Å². The minimum absolute atomic E-state index is 0.642. The van der Waals surface area contributed by atoms with Crippen molar-refractivity contribution >= 4 is 53.3 Å². The summed E-state index contributed by atoms with van der Waals surface area (Å²) in [6.45, 7) is 0. The summed E-state index contributed by atoms with van der Waals surface area (Å²) in [5.41, 5.74) is 13.4. The molecule has 0 unspecified atom stereocenters. The highest BCUT2D eigenvalue weighted by molar-refractivity contribution is 7.26. The van der Waals surface area contributed by atoms with Gasteiger partial charge in [-0.1, -0.05) is 158 Å². The average molecular weight is 809 g/mol. The minimum atomic E-state index is 0.642. The molecule has 12 aromatic rings. The standard InChI is InChI=1S/C57H36N4S/c1-4-15-37(16-5-1)39-19-13-22-44(34-39)56-58-55(38-17-6-2-7-18-38)59-57(60-56)47-26-14-28-53-54(47)49-36-43(30-32-52(49)62-53)41-21-12-20-40(33-41)42-29-31-51-48(35-42)46-25-10-11-27-50(46)61(51)45-23-8-3-9-24-45/h1-36H. The third-order valence-corrected chi connectivity index (χ3v) is 13.0. The lowest BCUT2D eigenvalue weighted by Gasteiger charge is -2.11. The molecule has 9 aromatic carbocycles. The molecule has 0 saturated heterocycles. The fourth-order valence-electron chi connectivity index (χ4n) is 8.89. The monoisotopic (exact) mass is 808 g/mol. The van der Waals surface area contributed by atoms with Crippen molar-refractivity contribution in [3.63, 3.8) is 0 Å². The summed E-state index contributed by atoms with van der Waals surface area (Å²) in [5.74, 6) is 1.94. The van der Waals surface area contributed by atoms with Crippen LogP contribution in [0.3, 0.4) is 0 Å². The van der Waals surface area contributed by atoms with Crippen LogP contribution in [0.1, 0.15) is 0 Å². The van der Waals surface area contributed by atoms with Crippen molar-refractivity contribution in [1.82, 2.24) is 19.5 Å². The second-order valence-corrected chi connectivity index (χ2v) is 16.7. The molecule has 0 aliphatic rings. The molecule has 0 atom stereocenters. The summed E-state index contributed by atoms with van der Waals surface area (Å²) in [4.78, 5) is 15.5. The van der Waals surface area contributed by atoms with Crippen molar-refractivity contribution in [3.8, 4) is 73.2 Å². The van der Waals surface area contributed by atoms with Crippen molar-refractivity contribution in [1.29, 1.82) is 0 Å². The lowest BCUT2D eigenvalue weighted by atomic mass is 9.96. The molecule has 62 heavy (non-hydrogen) atoms. The average Bonchev–Trinajstić information content (AvgIpc) is 3.90. The molecular weight excluding hydrogens is 773 g/mol. The van der Waals surface area contributed by atoms with Crippen LogP contribution in [0, 0.1) is 0 Å². The molecule has 3 aromatic heterocycles. The number of para-hydroxylation sites is 2. The summed E-state index contributed by atoms with van der Waals surface area (Å²) in [7, 11) is 0. The zero-order valence-electron chi connectivity index (χ0n) is 33.5. The molecule has 290 valence electrons. The number of hydrogen-bond acceptors (Lipinski definition) is 4. The molecule has 0 aliphatic heterocycles. The Hall–Kier alpha value is -7.99. The molecule has 3 heterocycles. The third kappa shape index (κ3) is 6.26. The van der Waals surface area contributed by atoms with Gasteiger partial charge < -0.3 is 4.57 Å². The van der Waals surface area contributed by atoms with E-state index in [1.54, 1.807) is 11.3 Å². The summed E-state index contributed by atoms with van der Waals surface area (Å²) in [6, 6.07) is 77.6. The van der Waals surface area contributed by atoms with Crippen LogP contribution in [0.15, 0.2) is 218 Å². The first-order valence-electron chi connectivity index (χ1n) is 20.8. The zero-order chi connectivity index (χ0) is 41.0. The summed E-state index contributed by atoms with van der Waals surface area (Å²) in [6.07, 6.45) is 0. The van der Waals surface area contributed by atoms with Gasteiger partial charge in [0.2, 0.25) is 0 Å². The molecule has 4 nitrogen and oxygen atoms in total. The van der Waals surface area contributed by atoms with E-state index in [1.807, 2.05) is 24.3 Å². The van der Waals surface area contributed by atoms with Gasteiger partial charge >= 0.3 is 0 Å². The maximum Gasteiger partial charge on any atom is 0.164 e. The van der Waals surface area contributed by atoms with Crippen molar-refractivity contribution in [2.45, 2.75) is 0 Å². The van der Waals surface area contributed by atoms with Crippen molar-refractivity contribution < 1.29 is 0 Å². The molecule has 0 bridgehead atoms. The van der Waals surface area contributed by atoms with E-state index in [4.69, 9.17) is 15.0 Å². The first-order valence-corrected chi connectivity index (χ1v) is 21.7. The first-order chi connectivity index (χ1) is 30.7. The molecule has 0 fully saturated rings. The number of aromatic nitrogens is 4. The fourth-order valence-corrected chi connectivity index (χ4v) is 10.0.